The summed E-state index contributed by atoms with van der Waals surface area (Å²) in [5.74, 6) is 0. The number of benzene rings is 1. The lowest BCUT2D eigenvalue weighted by molar-refractivity contribution is -0.137. The van der Waals surface area contributed by atoms with Gasteiger partial charge in [-0.3, -0.25) is 0 Å². The molecule has 0 radical (unpaired) electrons. The van der Waals surface area contributed by atoms with Crippen molar-refractivity contribution in [3.63, 3.8) is 0 Å². The van der Waals surface area contributed by atoms with Crippen LogP contribution in [0.25, 0.3) is 0 Å². The van der Waals surface area contributed by atoms with Gasteiger partial charge in [-0.25, -0.2) is 0 Å². The second-order valence-electron chi connectivity index (χ2n) is 5.82. The van der Waals surface area contributed by atoms with E-state index in [-0.39, 0.29) is 5.41 Å². The molecule has 0 atom stereocenters. The first-order valence-electron chi connectivity index (χ1n) is 6.24. The van der Waals surface area contributed by atoms with Gasteiger partial charge in [0.1, 0.15) is 0 Å². The SMILES string of the molecule is CC1(C)CCN(c2ccc(CBr)cc2C(F)(F)F)C1. The number of alkyl halides is 4. The quantitative estimate of drug-likeness (QED) is 0.699. The summed E-state index contributed by atoms with van der Waals surface area (Å²) in [7, 11) is 0. The lowest BCUT2D eigenvalue weighted by Gasteiger charge is -2.25. The molecule has 0 bridgehead atoms. The Morgan fingerprint density at radius 3 is 2.47 bits per heavy atom. The van der Waals surface area contributed by atoms with Crippen molar-refractivity contribution in [2.75, 3.05) is 18.0 Å². The molecule has 0 unspecified atom stereocenters. The number of rotatable bonds is 2. The third-order valence-corrected chi connectivity index (χ3v) is 4.19. The Hall–Kier alpha value is -0.710. The van der Waals surface area contributed by atoms with Crippen molar-refractivity contribution in [1.82, 2.24) is 0 Å². The normalized spacial score (nSPS) is 18.9. The fourth-order valence-corrected chi connectivity index (χ4v) is 2.84. The van der Waals surface area contributed by atoms with Gasteiger partial charge in [-0.05, 0) is 29.5 Å². The number of hydrogen-bond donors (Lipinski definition) is 0. The van der Waals surface area contributed by atoms with Crippen LogP contribution in [-0.2, 0) is 11.5 Å². The van der Waals surface area contributed by atoms with E-state index in [2.05, 4.69) is 29.8 Å². The van der Waals surface area contributed by atoms with Gasteiger partial charge >= 0.3 is 6.18 Å². The van der Waals surface area contributed by atoms with Gasteiger partial charge in [0.15, 0.2) is 0 Å². The molecule has 0 spiro atoms. The average molecular weight is 336 g/mol. The molecule has 0 amide bonds. The van der Waals surface area contributed by atoms with E-state index in [0.717, 1.165) is 6.42 Å². The Kier molecular flexibility index (Phi) is 3.87. The molecule has 106 valence electrons. The summed E-state index contributed by atoms with van der Waals surface area (Å²) in [4.78, 5) is 1.85. The molecule has 0 aromatic heterocycles. The van der Waals surface area contributed by atoms with Crippen molar-refractivity contribution >= 4 is 21.6 Å². The van der Waals surface area contributed by atoms with Crippen LogP contribution in [0, 0.1) is 5.41 Å². The van der Waals surface area contributed by atoms with Crippen LogP contribution >= 0.6 is 15.9 Å². The van der Waals surface area contributed by atoms with E-state index in [9.17, 15) is 13.2 Å². The van der Waals surface area contributed by atoms with E-state index in [1.165, 1.54) is 6.07 Å². The first-order chi connectivity index (χ1) is 8.73. The topological polar surface area (TPSA) is 3.24 Å². The maximum atomic E-state index is 13.2. The standard InChI is InChI=1S/C14H17BrF3N/c1-13(2)5-6-19(9-13)12-4-3-10(8-15)7-11(12)14(16,17)18/h3-4,7H,5-6,8-9H2,1-2H3. The molecule has 2 rings (SSSR count). The van der Waals surface area contributed by atoms with E-state index in [4.69, 9.17) is 0 Å². The molecule has 0 aliphatic carbocycles. The van der Waals surface area contributed by atoms with Gasteiger partial charge in [0.05, 0.1) is 5.56 Å². The minimum Gasteiger partial charge on any atom is -0.370 e. The van der Waals surface area contributed by atoms with Crippen molar-refractivity contribution in [3.05, 3.63) is 29.3 Å². The highest BCUT2D eigenvalue weighted by Gasteiger charge is 2.38. The van der Waals surface area contributed by atoms with Crippen LogP contribution in [0.4, 0.5) is 18.9 Å². The van der Waals surface area contributed by atoms with E-state index in [0.29, 0.717) is 29.7 Å². The fraction of sp³-hybridized carbons (Fsp3) is 0.571. The molecule has 1 saturated heterocycles. The average Bonchev–Trinajstić information content (AvgIpc) is 2.67. The summed E-state index contributed by atoms with van der Waals surface area (Å²) in [6.45, 7) is 5.54. The Morgan fingerprint density at radius 2 is 2.00 bits per heavy atom. The van der Waals surface area contributed by atoms with Gasteiger partial charge in [0.25, 0.3) is 0 Å². The molecule has 1 fully saturated rings. The van der Waals surface area contributed by atoms with Crippen LogP contribution in [0.2, 0.25) is 0 Å². The zero-order chi connectivity index (χ0) is 14.3. The molecular weight excluding hydrogens is 319 g/mol. The molecule has 1 heterocycles. The number of halogens is 4. The number of hydrogen-bond acceptors (Lipinski definition) is 1. The van der Waals surface area contributed by atoms with Gasteiger partial charge in [-0.2, -0.15) is 13.2 Å². The van der Waals surface area contributed by atoms with Gasteiger partial charge in [-0.1, -0.05) is 35.8 Å². The first kappa shape index (κ1) is 14.7. The highest BCUT2D eigenvalue weighted by atomic mass is 79.9. The Bertz CT molecular complexity index is 468. The number of anilines is 1. The minimum atomic E-state index is -4.31. The van der Waals surface area contributed by atoms with Crippen molar-refractivity contribution < 1.29 is 13.2 Å². The lowest BCUT2D eigenvalue weighted by Crippen LogP contribution is -2.25. The highest BCUT2D eigenvalue weighted by molar-refractivity contribution is 9.08. The van der Waals surface area contributed by atoms with Gasteiger partial charge in [0, 0.05) is 24.1 Å². The molecule has 1 aromatic carbocycles. The molecular formula is C14H17BrF3N. The molecule has 1 nitrogen and oxygen atoms in total. The third-order valence-electron chi connectivity index (χ3n) is 3.54. The van der Waals surface area contributed by atoms with Crippen LogP contribution in [-0.4, -0.2) is 13.1 Å². The van der Waals surface area contributed by atoms with Crippen LogP contribution in [0.1, 0.15) is 31.4 Å². The smallest absolute Gasteiger partial charge is 0.370 e. The third kappa shape index (κ3) is 3.25. The second-order valence-corrected chi connectivity index (χ2v) is 6.38. The molecule has 1 aliphatic heterocycles. The van der Waals surface area contributed by atoms with E-state index < -0.39 is 11.7 Å². The molecule has 0 saturated carbocycles. The first-order valence-corrected chi connectivity index (χ1v) is 7.36. The summed E-state index contributed by atoms with van der Waals surface area (Å²) in [6.07, 6.45) is -3.38. The molecule has 19 heavy (non-hydrogen) atoms. The summed E-state index contributed by atoms with van der Waals surface area (Å²) in [6, 6.07) is 4.60. The summed E-state index contributed by atoms with van der Waals surface area (Å²) < 4.78 is 39.5. The molecule has 0 N–H and O–H groups in total. The van der Waals surface area contributed by atoms with Crippen LogP contribution in [0.15, 0.2) is 18.2 Å². The van der Waals surface area contributed by atoms with Gasteiger partial charge in [-0.15, -0.1) is 0 Å². The van der Waals surface area contributed by atoms with Crippen LogP contribution in [0.5, 0.6) is 0 Å². The van der Waals surface area contributed by atoms with Crippen molar-refractivity contribution in [2.45, 2.75) is 31.8 Å². The summed E-state index contributed by atoms with van der Waals surface area (Å²) in [5.41, 5.74) is 0.510. The monoisotopic (exact) mass is 335 g/mol. The summed E-state index contributed by atoms with van der Waals surface area (Å²) >= 11 is 3.20. The summed E-state index contributed by atoms with van der Waals surface area (Å²) in [5, 5.41) is 0.432. The van der Waals surface area contributed by atoms with Gasteiger partial charge < -0.3 is 4.90 Å². The Morgan fingerprint density at radius 1 is 1.32 bits per heavy atom. The molecule has 5 heteroatoms. The Balaban J connectivity index is 2.40. The largest absolute Gasteiger partial charge is 0.418 e. The second kappa shape index (κ2) is 5.00. The zero-order valence-corrected chi connectivity index (χ0v) is 12.6. The van der Waals surface area contributed by atoms with Gasteiger partial charge in [0.2, 0.25) is 0 Å². The molecule has 1 aromatic rings. The van der Waals surface area contributed by atoms with Crippen LogP contribution < -0.4 is 4.90 Å². The maximum absolute atomic E-state index is 13.2. The van der Waals surface area contributed by atoms with Crippen molar-refractivity contribution in [1.29, 1.82) is 0 Å². The Labute approximate surface area is 119 Å². The van der Waals surface area contributed by atoms with E-state index >= 15 is 0 Å². The minimum absolute atomic E-state index is 0.0803. The van der Waals surface area contributed by atoms with Crippen molar-refractivity contribution in [2.24, 2.45) is 5.41 Å². The zero-order valence-electron chi connectivity index (χ0n) is 11.0. The number of nitrogens with zero attached hydrogens (tertiary/aromatic N) is 1. The van der Waals surface area contributed by atoms with E-state index in [1.807, 2.05) is 4.90 Å². The predicted molar refractivity (Wildman–Crippen MR) is 74.7 cm³/mol. The van der Waals surface area contributed by atoms with Crippen molar-refractivity contribution in [3.8, 4) is 0 Å². The lowest BCUT2D eigenvalue weighted by atomic mass is 9.93. The highest BCUT2D eigenvalue weighted by Crippen LogP contribution is 2.41. The predicted octanol–water partition coefficient (Wildman–Crippen LogP) is 4.84. The fourth-order valence-electron chi connectivity index (χ4n) is 2.49. The van der Waals surface area contributed by atoms with E-state index in [1.54, 1.807) is 12.1 Å². The van der Waals surface area contributed by atoms with Crippen LogP contribution in [0.3, 0.4) is 0 Å². The maximum Gasteiger partial charge on any atom is 0.418 e. The molecule has 1 aliphatic rings.